The van der Waals surface area contributed by atoms with Crippen molar-refractivity contribution < 1.29 is 14.4 Å². The summed E-state index contributed by atoms with van der Waals surface area (Å²) in [4.78, 5) is 42.9. The van der Waals surface area contributed by atoms with Gasteiger partial charge in [-0.05, 0) is 42.7 Å². The molecule has 1 spiro atoms. The number of hydrogen-bond acceptors (Lipinski definition) is 4. The molecule has 1 aliphatic heterocycles. The van der Waals surface area contributed by atoms with Crippen LogP contribution in [0.4, 0.5) is 10.5 Å². The minimum atomic E-state index is -0.446. The fraction of sp³-hybridized carbons (Fsp3) is 0.333. The van der Waals surface area contributed by atoms with E-state index in [1.54, 1.807) is 42.6 Å². The Morgan fingerprint density at radius 3 is 2.71 bits per heavy atom. The van der Waals surface area contributed by atoms with Gasteiger partial charge in [0.2, 0.25) is 5.91 Å². The standard InChI is InChI=1S/C21H22N4O3/c26-18(17-8-1-4-11-22-17)24-16-7-5-6-15(12-16)13-25-19(27)21(9-2-3-10-21)14-23-20(25)28/h1,4-8,11-12H,2-3,9-10,13-14H2,(H,23,28)(H,24,26). The quantitative estimate of drug-likeness (QED) is 0.856. The highest BCUT2D eigenvalue weighted by Gasteiger charge is 2.48. The number of hydrogen-bond donors (Lipinski definition) is 2. The maximum Gasteiger partial charge on any atom is 0.324 e. The second-order valence-electron chi connectivity index (χ2n) is 7.41. The largest absolute Gasteiger partial charge is 0.337 e. The number of urea groups is 1. The maximum atomic E-state index is 13.0. The number of carbonyl (C=O) groups is 3. The molecule has 0 bridgehead atoms. The minimum Gasteiger partial charge on any atom is -0.337 e. The number of nitrogens with one attached hydrogen (secondary N) is 2. The van der Waals surface area contributed by atoms with Crippen molar-refractivity contribution in [3.8, 4) is 0 Å². The number of imide groups is 1. The molecule has 2 aliphatic rings. The van der Waals surface area contributed by atoms with Gasteiger partial charge in [0.15, 0.2) is 0 Å². The van der Waals surface area contributed by atoms with Crippen LogP contribution >= 0.6 is 0 Å². The number of benzene rings is 1. The molecular formula is C21H22N4O3. The van der Waals surface area contributed by atoms with Crippen molar-refractivity contribution in [1.29, 1.82) is 0 Å². The molecule has 0 radical (unpaired) electrons. The summed E-state index contributed by atoms with van der Waals surface area (Å²) < 4.78 is 0. The van der Waals surface area contributed by atoms with Gasteiger partial charge in [-0.15, -0.1) is 0 Å². The zero-order valence-corrected chi connectivity index (χ0v) is 15.5. The van der Waals surface area contributed by atoms with E-state index in [2.05, 4.69) is 15.6 Å². The SMILES string of the molecule is O=C(Nc1cccc(CN2C(=O)NCC3(CCCC3)C2=O)c1)c1ccccn1. The van der Waals surface area contributed by atoms with Crippen molar-refractivity contribution in [2.45, 2.75) is 32.2 Å². The van der Waals surface area contributed by atoms with Crippen LogP contribution in [0, 0.1) is 5.41 Å². The Kier molecular flexibility index (Phi) is 4.81. The Bertz CT molecular complexity index is 907. The molecular weight excluding hydrogens is 356 g/mol. The number of amides is 4. The van der Waals surface area contributed by atoms with Crippen molar-refractivity contribution in [2.24, 2.45) is 5.41 Å². The Morgan fingerprint density at radius 2 is 1.96 bits per heavy atom. The lowest BCUT2D eigenvalue weighted by Gasteiger charge is -2.38. The summed E-state index contributed by atoms with van der Waals surface area (Å²) in [6.07, 6.45) is 5.24. The van der Waals surface area contributed by atoms with E-state index in [-0.39, 0.29) is 24.4 Å². The van der Waals surface area contributed by atoms with E-state index in [0.29, 0.717) is 17.9 Å². The van der Waals surface area contributed by atoms with Gasteiger partial charge in [0.05, 0.1) is 12.0 Å². The topological polar surface area (TPSA) is 91.4 Å². The van der Waals surface area contributed by atoms with Crippen LogP contribution in [0.15, 0.2) is 48.7 Å². The first-order valence-corrected chi connectivity index (χ1v) is 9.49. The van der Waals surface area contributed by atoms with E-state index in [4.69, 9.17) is 0 Å². The highest BCUT2D eigenvalue weighted by Crippen LogP contribution is 2.41. The van der Waals surface area contributed by atoms with E-state index >= 15 is 0 Å². The second kappa shape index (κ2) is 7.42. The number of pyridine rings is 1. The summed E-state index contributed by atoms with van der Waals surface area (Å²) in [6, 6.07) is 11.9. The predicted octanol–water partition coefficient (Wildman–Crippen LogP) is 2.95. The highest BCUT2D eigenvalue weighted by molar-refractivity contribution is 6.03. The molecule has 2 aromatic rings. The van der Waals surface area contributed by atoms with E-state index in [0.717, 1.165) is 31.2 Å². The molecule has 1 aliphatic carbocycles. The predicted molar refractivity (Wildman–Crippen MR) is 103 cm³/mol. The van der Waals surface area contributed by atoms with Gasteiger partial charge in [-0.25, -0.2) is 4.79 Å². The Labute approximate surface area is 163 Å². The van der Waals surface area contributed by atoms with Crippen molar-refractivity contribution in [3.05, 3.63) is 59.9 Å². The van der Waals surface area contributed by atoms with Crippen LogP contribution in [-0.4, -0.2) is 34.3 Å². The first-order valence-electron chi connectivity index (χ1n) is 9.49. The molecule has 1 saturated carbocycles. The van der Waals surface area contributed by atoms with Crippen LogP contribution in [-0.2, 0) is 11.3 Å². The molecule has 1 saturated heterocycles. The summed E-state index contributed by atoms with van der Waals surface area (Å²) in [7, 11) is 0. The van der Waals surface area contributed by atoms with Crippen molar-refractivity contribution in [3.63, 3.8) is 0 Å². The number of aromatic nitrogens is 1. The molecule has 7 nitrogen and oxygen atoms in total. The summed E-state index contributed by atoms with van der Waals surface area (Å²) in [6.45, 7) is 0.612. The summed E-state index contributed by atoms with van der Waals surface area (Å²) >= 11 is 0. The first-order chi connectivity index (χ1) is 13.6. The highest BCUT2D eigenvalue weighted by atomic mass is 16.2. The fourth-order valence-corrected chi connectivity index (χ4v) is 4.00. The van der Waals surface area contributed by atoms with Crippen LogP contribution in [0.2, 0.25) is 0 Å². The van der Waals surface area contributed by atoms with Gasteiger partial charge in [0.25, 0.3) is 5.91 Å². The zero-order chi connectivity index (χ0) is 19.6. The summed E-state index contributed by atoms with van der Waals surface area (Å²) in [5.74, 6) is -0.397. The number of rotatable bonds is 4. The molecule has 7 heteroatoms. The Hall–Kier alpha value is -3.22. The third kappa shape index (κ3) is 3.47. The molecule has 144 valence electrons. The Balaban J connectivity index is 1.49. The van der Waals surface area contributed by atoms with Gasteiger partial charge in [0, 0.05) is 18.4 Å². The van der Waals surface area contributed by atoms with Gasteiger partial charge >= 0.3 is 6.03 Å². The third-order valence-corrected chi connectivity index (χ3v) is 5.51. The van der Waals surface area contributed by atoms with Crippen LogP contribution < -0.4 is 10.6 Å². The third-order valence-electron chi connectivity index (χ3n) is 5.51. The lowest BCUT2D eigenvalue weighted by Crippen LogP contribution is -2.59. The number of carbonyl (C=O) groups excluding carboxylic acids is 3. The van der Waals surface area contributed by atoms with E-state index in [9.17, 15) is 14.4 Å². The maximum absolute atomic E-state index is 13.0. The molecule has 4 amide bonds. The number of nitrogens with zero attached hydrogens (tertiary/aromatic N) is 2. The molecule has 28 heavy (non-hydrogen) atoms. The summed E-state index contributed by atoms with van der Waals surface area (Å²) in [5, 5.41) is 5.67. The lowest BCUT2D eigenvalue weighted by molar-refractivity contribution is -0.141. The lowest BCUT2D eigenvalue weighted by atomic mass is 9.83. The van der Waals surface area contributed by atoms with Gasteiger partial charge in [-0.2, -0.15) is 0 Å². The normalized spacial score (nSPS) is 18.2. The zero-order valence-electron chi connectivity index (χ0n) is 15.5. The molecule has 0 atom stereocenters. The van der Waals surface area contributed by atoms with Gasteiger partial charge < -0.3 is 10.6 Å². The van der Waals surface area contributed by atoms with Crippen LogP contribution in [0.5, 0.6) is 0 Å². The van der Waals surface area contributed by atoms with Gasteiger partial charge in [-0.3, -0.25) is 19.5 Å². The van der Waals surface area contributed by atoms with Crippen molar-refractivity contribution >= 4 is 23.5 Å². The van der Waals surface area contributed by atoms with Crippen LogP contribution in [0.1, 0.15) is 41.7 Å². The van der Waals surface area contributed by atoms with E-state index in [1.807, 2.05) is 6.07 Å². The smallest absolute Gasteiger partial charge is 0.324 e. The van der Waals surface area contributed by atoms with E-state index in [1.165, 1.54) is 4.90 Å². The molecule has 2 N–H and O–H groups in total. The average molecular weight is 378 g/mol. The molecule has 2 fully saturated rings. The van der Waals surface area contributed by atoms with Crippen molar-refractivity contribution in [2.75, 3.05) is 11.9 Å². The van der Waals surface area contributed by atoms with Crippen molar-refractivity contribution in [1.82, 2.24) is 15.2 Å². The monoisotopic (exact) mass is 378 g/mol. The molecule has 1 aromatic carbocycles. The van der Waals surface area contributed by atoms with Crippen LogP contribution in [0.25, 0.3) is 0 Å². The molecule has 0 unspecified atom stereocenters. The number of anilines is 1. The fourth-order valence-electron chi connectivity index (χ4n) is 4.00. The first kappa shape index (κ1) is 18.2. The average Bonchev–Trinajstić information content (AvgIpc) is 3.19. The summed E-state index contributed by atoms with van der Waals surface area (Å²) in [5.41, 5.74) is 1.24. The molecule has 1 aromatic heterocycles. The molecule has 4 rings (SSSR count). The van der Waals surface area contributed by atoms with E-state index < -0.39 is 5.41 Å². The van der Waals surface area contributed by atoms with Gasteiger partial charge in [0.1, 0.15) is 5.69 Å². The molecule has 2 heterocycles. The Morgan fingerprint density at radius 1 is 1.14 bits per heavy atom. The van der Waals surface area contributed by atoms with Gasteiger partial charge in [-0.1, -0.05) is 31.0 Å². The van der Waals surface area contributed by atoms with Crippen LogP contribution in [0.3, 0.4) is 0 Å². The second-order valence-corrected chi connectivity index (χ2v) is 7.41. The minimum absolute atomic E-state index is 0.0864.